The molecule has 0 radical (unpaired) electrons. The Morgan fingerprint density at radius 3 is 2.93 bits per heavy atom. The number of likely N-dealkylation sites (tertiary alicyclic amines) is 1. The van der Waals surface area contributed by atoms with Crippen LogP contribution in [0.5, 0.6) is 0 Å². The lowest BCUT2D eigenvalue weighted by Gasteiger charge is -2.19. The molecule has 0 aromatic heterocycles. The number of carbonyl (C=O) groups is 1. The Kier molecular flexibility index (Phi) is 5.65. The lowest BCUT2D eigenvalue weighted by atomic mass is 10.2. The van der Waals surface area contributed by atoms with Gasteiger partial charge in [0.05, 0.1) is 6.54 Å². The van der Waals surface area contributed by atoms with Crippen LogP contribution < -0.4 is 10.6 Å². The van der Waals surface area contributed by atoms with E-state index in [0.29, 0.717) is 12.6 Å². The number of carbonyl (C=O) groups excluding carboxylic acids is 1. The Hall–Kier alpha value is -0.610. The predicted molar refractivity (Wildman–Crippen MR) is 61.8 cm³/mol. The summed E-state index contributed by atoms with van der Waals surface area (Å²) in [5.41, 5.74) is 0. The third-order valence-corrected chi connectivity index (χ3v) is 2.92. The number of hydrogen-bond donors (Lipinski definition) is 2. The van der Waals surface area contributed by atoms with Gasteiger partial charge in [0, 0.05) is 12.6 Å². The maximum atomic E-state index is 11.4. The minimum Gasteiger partial charge on any atom is -0.353 e. The standard InChI is InChI=1S/C11H23N3O/c1-3-6-12-9-11(15)13-8-10-5-4-7-14(10)2/h10,12H,3-9H2,1-2H3,(H,13,15). The zero-order chi connectivity index (χ0) is 11.1. The maximum absolute atomic E-state index is 11.4. The molecule has 88 valence electrons. The van der Waals surface area contributed by atoms with Crippen LogP contribution in [-0.4, -0.2) is 50.1 Å². The first-order valence-electron chi connectivity index (χ1n) is 5.91. The Morgan fingerprint density at radius 2 is 2.33 bits per heavy atom. The van der Waals surface area contributed by atoms with Crippen molar-refractivity contribution in [2.75, 3.05) is 33.2 Å². The number of rotatable bonds is 6. The number of nitrogens with one attached hydrogen (secondary N) is 2. The highest BCUT2D eigenvalue weighted by atomic mass is 16.1. The molecule has 15 heavy (non-hydrogen) atoms. The number of hydrogen-bond acceptors (Lipinski definition) is 3. The molecule has 1 atom stereocenters. The summed E-state index contributed by atoms with van der Waals surface area (Å²) < 4.78 is 0. The van der Waals surface area contributed by atoms with Gasteiger partial charge in [-0.25, -0.2) is 0 Å². The molecule has 4 nitrogen and oxygen atoms in total. The molecule has 1 fully saturated rings. The van der Waals surface area contributed by atoms with E-state index in [1.807, 2.05) is 0 Å². The maximum Gasteiger partial charge on any atom is 0.234 e. The Morgan fingerprint density at radius 1 is 1.53 bits per heavy atom. The summed E-state index contributed by atoms with van der Waals surface area (Å²) in [6.45, 7) is 5.41. The molecule has 0 aliphatic carbocycles. The third-order valence-electron chi connectivity index (χ3n) is 2.92. The zero-order valence-corrected chi connectivity index (χ0v) is 9.88. The van der Waals surface area contributed by atoms with Crippen molar-refractivity contribution in [2.24, 2.45) is 0 Å². The minimum atomic E-state index is 0.115. The fourth-order valence-electron chi connectivity index (χ4n) is 1.91. The molecular formula is C11H23N3O. The van der Waals surface area contributed by atoms with Crippen molar-refractivity contribution in [2.45, 2.75) is 32.2 Å². The molecule has 0 spiro atoms. The van der Waals surface area contributed by atoms with Crippen LogP contribution in [0.2, 0.25) is 0 Å². The second-order valence-electron chi connectivity index (χ2n) is 4.26. The van der Waals surface area contributed by atoms with Gasteiger partial charge in [0.15, 0.2) is 0 Å². The topological polar surface area (TPSA) is 44.4 Å². The van der Waals surface area contributed by atoms with Gasteiger partial charge in [-0.2, -0.15) is 0 Å². The average molecular weight is 213 g/mol. The molecule has 2 N–H and O–H groups in total. The van der Waals surface area contributed by atoms with Crippen LogP contribution in [0.15, 0.2) is 0 Å². The van der Waals surface area contributed by atoms with Gasteiger partial charge in [-0.1, -0.05) is 6.92 Å². The van der Waals surface area contributed by atoms with Crippen LogP contribution in [0.4, 0.5) is 0 Å². The van der Waals surface area contributed by atoms with Gasteiger partial charge in [0.25, 0.3) is 0 Å². The molecular weight excluding hydrogens is 190 g/mol. The smallest absolute Gasteiger partial charge is 0.234 e. The molecule has 1 aliphatic rings. The Balaban J connectivity index is 2.05. The number of nitrogens with zero attached hydrogens (tertiary/aromatic N) is 1. The number of likely N-dealkylation sites (N-methyl/N-ethyl adjacent to an activating group) is 1. The first kappa shape index (κ1) is 12.5. The highest BCUT2D eigenvalue weighted by Crippen LogP contribution is 2.13. The third kappa shape index (κ3) is 4.62. The van der Waals surface area contributed by atoms with Crippen LogP contribution in [-0.2, 0) is 4.79 Å². The fourth-order valence-corrected chi connectivity index (χ4v) is 1.91. The Bertz CT molecular complexity index is 196. The van der Waals surface area contributed by atoms with Crippen LogP contribution in [0.1, 0.15) is 26.2 Å². The molecule has 1 aliphatic heterocycles. The van der Waals surface area contributed by atoms with Crippen LogP contribution in [0.3, 0.4) is 0 Å². The van der Waals surface area contributed by atoms with E-state index in [9.17, 15) is 4.79 Å². The summed E-state index contributed by atoms with van der Waals surface area (Å²) in [5, 5.41) is 6.07. The van der Waals surface area contributed by atoms with Crippen molar-refractivity contribution in [1.82, 2.24) is 15.5 Å². The van der Waals surface area contributed by atoms with Crippen molar-refractivity contribution in [3.63, 3.8) is 0 Å². The summed E-state index contributed by atoms with van der Waals surface area (Å²) >= 11 is 0. The molecule has 4 heteroatoms. The second-order valence-corrected chi connectivity index (χ2v) is 4.26. The highest BCUT2D eigenvalue weighted by Gasteiger charge is 2.20. The summed E-state index contributed by atoms with van der Waals surface area (Å²) in [6.07, 6.45) is 3.53. The van der Waals surface area contributed by atoms with Crippen LogP contribution >= 0.6 is 0 Å². The Labute approximate surface area is 92.4 Å². The fraction of sp³-hybridized carbons (Fsp3) is 0.909. The lowest BCUT2D eigenvalue weighted by Crippen LogP contribution is -2.41. The van der Waals surface area contributed by atoms with E-state index in [1.165, 1.54) is 12.8 Å². The summed E-state index contributed by atoms with van der Waals surface area (Å²) in [5.74, 6) is 0.115. The van der Waals surface area contributed by atoms with Gasteiger partial charge in [-0.3, -0.25) is 4.79 Å². The molecule has 1 amide bonds. The molecule has 0 bridgehead atoms. The lowest BCUT2D eigenvalue weighted by molar-refractivity contribution is -0.120. The quantitative estimate of drug-likeness (QED) is 0.619. The highest BCUT2D eigenvalue weighted by molar-refractivity contribution is 5.77. The van der Waals surface area contributed by atoms with Gasteiger partial charge < -0.3 is 15.5 Å². The SMILES string of the molecule is CCCNCC(=O)NCC1CCCN1C. The summed E-state index contributed by atoms with van der Waals surface area (Å²) in [7, 11) is 2.12. The molecule has 1 rings (SSSR count). The van der Waals surface area contributed by atoms with E-state index < -0.39 is 0 Å². The largest absolute Gasteiger partial charge is 0.353 e. The zero-order valence-electron chi connectivity index (χ0n) is 9.88. The van der Waals surface area contributed by atoms with Crippen molar-refractivity contribution < 1.29 is 4.79 Å². The first-order valence-corrected chi connectivity index (χ1v) is 5.91. The molecule has 0 saturated carbocycles. The van der Waals surface area contributed by atoms with Crippen molar-refractivity contribution in [1.29, 1.82) is 0 Å². The van der Waals surface area contributed by atoms with Gasteiger partial charge in [0.1, 0.15) is 0 Å². The molecule has 1 unspecified atom stereocenters. The summed E-state index contributed by atoms with van der Waals surface area (Å²) in [6, 6.07) is 0.542. The van der Waals surface area contributed by atoms with E-state index in [0.717, 1.165) is 26.1 Å². The van der Waals surface area contributed by atoms with E-state index >= 15 is 0 Å². The van der Waals surface area contributed by atoms with Crippen molar-refractivity contribution in [3.8, 4) is 0 Å². The van der Waals surface area contributed by atoms with E-state index in [1.54, 1.807) is 0 Å². The van der Waals surface area contributed by atoms with Gasteiger partial charge >= 0.3 is 0 Å². The van der Waals surface area contributed by atoms with E-state index in [-0.39, 0.29) is 5.91 Å². The average Bonchev–Trinajstić information content (AvgIpc) is 2.61. The molecule has 0 aromatic rings. The van der Waals surface area contributed by atoms with Gasteiger partial charge in [-0.05, 0) is 39.4 Å². The molecule has 1 heterocycles. The second kappa shape index (κ2) is 6.80. The van der Waals surface area contributed by atoms with Crippen molar-refractivity contribution >= 4 is 5.91 Å². The van der Waals surface area contributed by atoms with Crippen LogP contribution in [0.25, 0.3) is 0 Å². The van der Waals surface area contributed by atoms with Crippen LogP contribution in [0, 0.1) is 0 Å². The minimum absolute atomic E-state index is 0.115. The number of amides is 1. The normalized spacial score (nSPS) is 21.9. The summed E-state index contributed by atoms with van der Waals surface area (Å²) in [4.78, 5) is 13.7. The van der Waals surface area contributed by atoms with Gasteiger partial charge in [-0.15, -0.1) is 0 Å². The van der Waals surface area contributed by atoms with E-state index in [2.05, 4.69) is 29.5 Å². The predicted octanol–water partition coefficient (Wildman–Crippen LogP) is 0.196. The first-order chi connectivity index (χ1) is 7.24. The molecule has 0 aromatic carbocycles. The van der Waals surface area contributed by atoms with Crippen molar-refractivity contribution in [3.05, 3.63) is 0 Å². The van der Waals surface area contributed by atoms with Gasteiger partial charge in [0.2, 0.25) is 5.91 Å². The molecule has 1 saturated heterocycles. The monoisotopic (exact) mass is 213 g/mol. The van der Waals surface area contributed by atoms with E-state index in [4.69, 9.17) is 0 Å².